The van der Waals surface area contributed by atoms with Crippen LogP contribution in [0.15, 0.2) is 35.2 Å². The molecule has 3 aromatic rings. The lowest BCUT2D eigenvalue weighted by molar-refractivity contribution is 0.420. The van der Waals surface area contributed by atoms with E-state index in [1.807, 2.05) is 35.9 Å². The van der Waals surface area contributed by atoms with E-state index in [0.717, 1.165) is 34.0 Å². The summed E-state index contributed by atoms with van der Waals surface area (Å²) < 4.78 is 2.97. The number of thiazole rings is 1. The summed E-state index contributed by atoms with van der Waals surface area (Å²) in [5.74, 6) is 1.80. The number of para-hydroxylation sites is 1. The molecule has 2 aromatic heterocycles. The smallest absolute Gasteiger partial charge is 0.191 e. The molecule has 0 amide bonds. The van der Waals surface area contributed by atoms with Gasteiger partial charge in [0, 0.05) is 13.0 Å². The third kappa shape index (κ3) is 3.13. The molecule has 6 nitrogen and oxygen atoms in total. The van der Waals surface area contributed by atoms with Crippen molar-refractivity contribution in [2.75, 3.05) is 5.75 Å². The first-order valence-corrected chi connectivity index (χ1v) is 9.68. The predicted octanol–water partition coefficient (Wildman–Crippen LogP) is 3.89. The maximum absolute atomic E-state index is 10.4. The lowest BCUT2D eigenvalue weighted by Crippen LogP contribution is -1.99. The van der Waals surface area contributed by atoms with Crippen molar-refractivity contribution in [3.05, 3.63) is 40.9 Å². The summed E-state index contributed by atoms with van der Waals surface area (Å²) in [5.41, 5.74) is 1.05. The minimum atomic E-state index is 0.0162. The largest absolute Gasteiger partial charge is 0.510 e. The van der Waals surface area contributed by atoms with Gasteiger partial charge in [-0.3, -0.25) is 0 Å². The van der Waals surface area contributed by atoms with Crippen LogP contribution in [0.4, 0.5) is 0 Å². The monoisotopic (exact) mass is 369 g/mol. The van der Waals surface area contributed by atoms with E-state index < -0.39 is 0 Å². The van der Waals surface area contributed by atoms with Gasteiger partial charge in [-0.1, -0.05) is 23.9 Å². The highest BCUT2D eigenvalue weighted by Gasteiger charge is 2.29. The van der Waals surface area contributed by atoms with Gasteiger partial charge in [0.25, 0.3) is 0 Å². The van der Waals surface area contributed by atoms with Crippen molar-refractivity contribution in [2.45, 2.75) is 23.9 Å². The van der Waals surface area contributed by atoms with Crippen molar-refractivity contribution in [1.29, 1.82) is 5.26 Å². The number of hydrogen-bond acceptors (Lipinski definition) is 7. The first kappa shape index (κ1) is 16.1. The van der Waals surface area contributed by atoms with Crippen LogP contribution >= 0.6 is 23.1 Å². The fraction of sp³-hybridized carbons (Fsp3) is 0.294. The van der Waals surface area contributed by atoms with Crippen LogP contribution in [0.25, 0.3) is 15.8 Å². The molecule has 126 valence electrons. The zero-order chi connectivity index (χ0) is 17.4. The number of aromatic nitrogens is 4. The standard InChI is InChI=1S/C17H15N5OS2/c1-22-15(10-6-7-10)20-21-17(22)24-9-13(23)11(8-18)16-19-12-4-2-3-5-14(12)25-16/h2-5,10,23H,6-7,9H2,1H3/b13-11-. The summed E-state index contributed by atoms with van der Waals surface area (Å²) >= 11 is 2.78. The van der Waals surface area contributed by atoms with Crippen LogP contribution in [-0.2, 0) is 7.05 Å². The third-order valence-corrected chi connectivity index (χ3v) is 6.14. The van der Waals surface area contributed by atoms with Gasteiger partial charge in [-0.2, -0.15) is 5.26 Å². The molecule has 0 spiro atoms. The van der Waals surface area contributed by atoms with Gasteiger partial charge in [0.1, 0.15) is 28.2 Å². The molecule has 1 saturated carbocycles. The van der Waals surface area contributed by atoms with Crippen LogP contribution < -0.4 is 0 Å². The molecular weight excluding hydrogens is 354 g/mol. The summed E-state index contributed by atoms with van der Waals surface area (Å²) in [6, 6.07) is 9.77. The molecule has 8 heteroatoms. The van der Waals surface area contributed by atoms with E-state index in [0.29, 0.717) is 10.9 Å². The van der Waals surface area contributed by atoms with Gasteiger partial charge in [0.05, 0.1) is 16.0 Å². The topological polar surface area (TPSA) is 87.6 Å². The summed E-state index contributed by atoms with van der Waals surface area (Å²) in [7, 11) is 1.94. The molecule has 1 aliphatic carbocycles. The Kier molecular flexibility index (Phi) is 4.19. The SMILES string of the molecule is Cn1c(SC/C(O)=C(\C#N)c2nc3ccccc3s2)nnc1C1CC1. The number of fused-ring (bicyclic) bond motifs is 1. The molecule has 0 saturated heterocycles. The normalized spacial score (nSPS) is 15.2. The number of aliphatic hydroxyl groups excluding tert-OH is 1. The summed E-state index contributed by atoms with van der Waals surface area (Å²) in [6.45, 7) is 0. The van der Waals surface area contributed by atoms with Crippen molar-refractivity contribution in [2.24, 2.45) is 7.05 Å². The van der Waals surface area contributed by atoms with Gasteiger partial charge < -0.3 is 9.67 Å². The average molecular weight is 369 g/mol. The first-order chi connectivity index (χ1) is 12.2. The molecule has 0 bridgehead atoms. The number of nitrogens with zero attached hydrogens (tertiary/aromatic N) is 5. The number of hydrogen-bond donors (Lipinski definition) is 1. The highest BCUT2D eigenvalue weighted by atomic mass is 32.2. The molecule has 1 N–H and O–H groups in total. The van der Waals surface area contributed by atoms with E-state index in [-0.39, 0.29) is 17.1 Å². The van der Waals surface area contributed by atoms with E-state index >= 15 is 0 Å². The Labute approximate surface area is 152 Å². The fourth-order valence-electron chi connectivity index (χ4n) is 2.57. The maximum atomic E-state index is 10.4. The number of aliphatic hydroxyl groups is 1. The Morgan fingerprint density at radius 2 is 2.20 bits per heavy atom. The molecule has 1 aromatic carbocycles. The van der Waals surface area contributed by atoms with Crippen LogP contribution in [0.2, 0.25) is 0 Å². The van der Waals surface area contributed by atoms with Crippen LogP contribution in [-0.4, -0.2) is 30.6 Å². The third-order valence-electron chi connectivity index (χ3n) is 4.06. The van der Waals surface area contributed by atoms with Crippen LogP contribution in [0.3, 0.4) is 0 Å². The van der Waals surface area contributed by atoms with Crippen molar-refractivity contribution in [3.8, 4) is 6.07 Å². The highest BCUT2D eigenvalue weighted by molar-refractivity contribution is 7.99. The van der Waals surface area contributed by atoms with Crippen LogP contribution in [0.1, 0.15) is 29.6 Å². The summed E-state index contributed by atoms with van der Waals surface area (Å²) in [5, 5.41) is 29.6. The molecular formula is C17H15N5OS2. The number of allylic oxidation sites excluding steroid dienone is 1. The minimum Gasteiger partial charge on any atom is -0.510 e. The molecule has 0 unspecified atom stereocenters. The van der Waals surface area contributed by atoms with Gasteiger partial charge >= 0.3 is 0 Å². The Balaban J connectivity index is 1.56. The van der Waals surface area contributed by atoms with E-state index in [1.54, 1.807) is 0 Å². The predicted molar refractivity (Wildman–Crippen MR) is 98.5 cm³/mol. The lowest BCUT2D eigenvalue weighted by Gasteiger charge is -2.03. The Bertz CT molecular complexity index is 977. The fourth-order valence-corrected chi connectivity index (χ4v) is 4.35. The number of rotatable bonds is 5. The Morgan fingerprint density at radius 1 is 1.40 bits per heavy atom. The highest BCUT2D eigenvalue weighted by Crippen LogP contribution is 2.39. The maximum Gasteiger partial charge on any atom is 0.191 e. The van der Waals surface area contributed by atoms with Crippen molar-refractivity contribution >= 4 is 38.9 Å². The molecule has 0 aliphatic heterocycles. The quantitative estimate of drug-likeness (QED) is 0.417. The summed E-state index contributed by atoms with van der Waals surface area (Å²) in [4.78, 5) is 4.45. The van der Waals surface area contributed by atoms with Crippen molar-refractivity contribution in [1.82, 2.24) is 19.7 Å². The van der Waals surface area contributed by atoms with Gasteiger partial charge in [-0.15, -0.1) is 21.5 Å². The molecule has 4 rings (SSSR count). The second-order valence-corrected chi connectivity index (χ2v) is 7.86. The zero-order valence-corrected chi connectivity index (χ0v) is 15.1. The number of benzene rings is 1. The van der Waals surface area contributed by atoms with E-state index in [9.17, 15) is 10.4 Å². The lowest BCUT2D eigenvalue weighted by atomic mass is 10.2. The minimum absolute atomic E-state index is 0.0162. The van der Waals surface area contributed by atoms with Crippen LogP contribution in [0.5, 0.6) is 0 Å². The van der Waals surface area contributed by atoms with Crippen LogP contribution in [0, 0.1) is 11.3 Å². The van der Waals surface area contributed by atoms with Crippen molar-refractivity contribution < 1.29 is 5.11 Å². The van der Waals surface area contributed by atoms with Crippen molar-refractivity contribution in [3.63, 3.8) is 0 Å². The van der Waals surface area contributed by atoms with Gasteiger partial charge in [-0.25, -0.2) is 4.98 Å². The van der Waals surface area contributed by atoms with Gasteiger partial charge in [0.2, 0.25) is 0 Å². The molecule has 2 heterocycles. The molecule has 1 fully saturated rings. The second kappa shape index (κ2) is 6.50. The molecule has 25 heavy (non-hydrogen) atoms. The summed E-state index contributed by atoms with van der Waals surface area (Å²) in [6.07, 6.45) is 2.33. The molecule has 0 atom stereocenters. The average Bonchev–Trinajstić information content (AvgIpc) is 3.26. The van der Waals surface area contributed by atoms with E-state index in [4.69, 9.17) is 0 Å². The van der Waals surface area contributed by atoms with Gasteiger partial charge in [-0.05, 0) is 25.0 Å². The molecule has 1 aliphatic rings. The van der Waals surface area contributed by atoms with E-state index in [1.165, 1.54) is 23.1 Å². The number of nitriles is 1. The molecule has 0 radical (unpaired) electrons. The Morgan fingerprint density at radius 3 is 2.92 bits per heavy atom. The first-order valence-electron chi connectivity index (χ1n) is 7.87. The number of thioether (sulfide) groups is 1. The zero-order valence-electron chi connectivity index (χ0n) is 13.5. The van der Waals surface area contributed by atoms with E-state index in [2.05, 4.69) is 21.3 Å². The van der Waals surface area contributed by atoms with Gasteiger partial charge in [0.15, 0.2) is 5.16 Å². The Hall–Kier alpha value is -2.37. The second-order valence-electron chi connectivity index (χ2n) is 5.88.